The van der Waals surface area contributed by atoms with Crippen molar-refractivity contribution in [2.75, 3.05) is 13.7 Å². The maximum Gasteiger partial charge on any atom is 0.0765 e. The molecule has 0 spiro atoms. The van der Waals surface area contributed by atoms with Gasteiger partial charge >= 0.3 is 0 Å². The fourth-order valence-corrected chi connectivity index (χ4v) is 3.33. The highest BCUT2D eigenvalue weighted by Crippen LogP contribution is 2.40. The summed E-state index contributed by atoms with van der Waals surface area (Å²) in [6, 6.07) is 9.33. The Hall–Kier alpha value is -0.860. The number of hydrogen-bond donors (Lipinski definition) is 1. The van der Waals surface area contributed by atoms with Gasteiger partial charge in [0.15, 0.2) is 0 Å². The number of ether oxygens (including phenoxy) is 1. The third kappa shape index (κ3) is 4.08. The molecule has 0 aromatic heterocycles. The standard InChI is InChI=1S/C19H31NO/c1-4-9-18(21-3)19(20-14-5-2)17-13-7-6-12-16(17)15-10-8-11-15/h6-7,12-13,15,18-20H,4-5,8-11,14H2,1-3H3. The van der Waals surface area contributed by atoms with E-state index in [0.29, 0.717) is 6.04 Å². The van der Waals surface area contributed by atoms with Crippen molar-refractivity contribution in [3.8, 4) is 0 Å². The number of methoxy groups -OCH3 is 1. The van der Waals surface area contributed by atoms with E-state index in [4.69, 9.17) is 4.74 Å². The minimum atomic E-state index is 0.266. The number of rotatable bonds is 9. The number of hydrogen-bond acceptors (Lipinski definition) is 2. The summed E-state index contributed by atoms with van der Waals surface area (Å²) in [5.74, 6) is 0.770. The van der Waals surface area contributed by atoms with E-state index in [-0.39, 0.29) is 6.10 Å². The first-order valence-corrected chi connectivity index (χ1v) is 8.66. The van der Waals surface area contributed by atoms with E-state index in [0.717, 1.165) is 31.7 Å². The average Bonchev–Trinajstić information content (AvgIpc) is 2.46. The van der Waals surface area contributed by atoms with E-state index in [1.807, 2.05) is 7.11 Å². The van der Waals surface area contributed by atoms with E-state index in [1.54, 1.807) is 5.56 Å². The molecule has 0 saturated heterocycles. The molecule has 1 saturated carbocycles. The van der Waals surface area contributed by atoms with E-state index in [2.05, 4.69) is 43.4 Å². The lowest BCUT2D eigenvalue weighted by Gasteiger charge is -2.33. The van der Waals surface area contributed by atoms with Crippen LogP contribution in [0.2, 0.25) is 0 Å². The largest absolute Gasteiger partial charge is 0.379 e. The summed E-state index contributed by atoms with van der Waals surface area (Å²) in [4.78, 5) is 0. The van der Waals surface area contributed by atoms with Crippen LogP contribution in [0.3, 0.4) is 0 Å². The predicted molar refractivity (Wildman–Crippen MR) is 89.8 cm³/mol. The Balaban J connectivity index is 2.26. The van der Waals surface area contributed by atoms with Crippen LogP contribution in [-0.4, -0.2) is 19.8 Å². The highest BCUT2D eigenvalue weighted by Gasteiger charge is 2.28. The quantitative estimate of drug-likeness (QED) is 0.704. The second-order valence-electron chi connectivity index (χ2n) is 6.25. The van der Waals surface area contributed by atoms with Gasteiger partial charge in [0.2, 0.25) is 0 Å². The van der Waals surface area contributed by atoms with Crippen LogP contribution in [0.15, 0.2) is 24.3 Å². The van der Waals surface area contributed by atoms with E-state index < -0.39 is 0 Å². The van der Waals surface area contributed by atoms with Crippen LogP contribution in [-0.2, 0) is 4.74 Å². The molecule has 0 amide bonds. The minimum Gasteiger partial charge on any atom is -0.379 e. The average molecular weight is 289 g/mol. The van der Waals surface area contributed by atoms with Crippen LogP contribution in [0.5, 0.6) is 0 Å². The normalized spacial score (nSPS) is 18.2. The summed E-state index contributed by atoms with van der Waals surface area (Å²) < 4.78 is 5.83. The molecule has 2 heteroatoms. The Morgan fingerprint density at radius 1 is 1.19 bits per heavy atom. The van der Waals surface area contributed by atoms with Gasteiger partial charge in [-0.2, -0.15) is 0 Å². The zero-order valence-corrected chi connectivity index (χ0v) is 13.9. The van der Waals surface area contributed by atoms with Gasteiger partial charge in [0.1, 0.15) is 0 Å². The van der Waals surface area contributed by atoms with Crippen LogP contribution in [0.1, 0.15) is 75.5 Å². The van der Waals surface area contributed by atoms with E-state index in [9.17, 15) is 0 Å². The van der Waals surface area contributed by atoms with Gasteiger partial charge in [0.05, 0.1) is 12.1 Å². The first-order valence-electron chi connectivity index (χ1n) is 8.66. The van der Waals surface area contributed by atoms with Gasteiger partial charge in [-0.15, -0.1) is 0 Å². The SMILES string of the molecule is CCCNC(c1ccccc1C1CCC1)C(CCC)OC. The molecule has 1 aromatic rings. The molecule has 1 N–H and O–H groups in total. The van der Waals surface area contributed by atoms with Crippen molar-refractivity contribution in [1.82, 2.24) is 5.32 Å². The fraction of sp³-hybridized carbons (Fsp3) is 0.684. The summed E-state index contributed by atoms with van der Waals surface area (Å²) >= 11 is 0. The Kier molecular flexibility index (Phi) is 6.72. The molecule has 0 heterocycles. The molecule has 21 heavy (non-hydrogen) atoms. The highest BCUT2D eigenvalue weighted by atomic mass is 16.5. The molecule has 2 nitrogen and oxygen atoms in total. The Morgan fingerprint density at radius 3 is 2.52 bits per heavy atom. The van der Waals surface area contributed by atoms with Gasteiger partial charge in [-0.05, 0) is 49.3 Å². The summed E-state index contributed by atoms with van der Waals surface area (Å²) in [6.07, 6.45) is 7.78. The first-order chi connectivity index (χ1) is 10.3. The zero-order chi connectivity index (χ0) is 15.1. The third-order valence-electron chi connectivity index (χ3n) is 4.74. The second kappa shape index (κ2) is 8.55. The topological polar surface area (TPSA) is 21.3 Å². The van der Waals surface area contributed by atoms with Crippen LogP contribution in [0.4, 0.5) is 0 Å². The van der Waals surface area contributed by atoms with Crippen molar-refractivity contribution in [3.63, 3.8) is 0 Å². The van der Waals surface area contributed by atoms with Gasteiger partial charge < -0.3 is 10.1 Å². The van der Waals surface area contributed by atoms with Crippen molar-refractivity contribution in [3.05, 3.63) is 35.4 Å². The monoisotopic (exact) mass is 289 g/mol. The van der Waals surface area contributed by atoms with Crippen molar-refractivity contribution in [2.45, 2.75) is 70.4 Å². The van der Waals surface area contributed by atoms with Crippen LogP contribution >= 0.6 is 0 Å². The molecule has 1 aromatic carbocycles. The Morgan fingerprint density at radius 2 is 1.95 bits per heavy atom. The molecule has 118 valence electrons. The second-order valence-corrected chi connectivity index (χ2v) is 6.25. The summed E-state index contributed by atoms with van der Waals surface area (Å²) in [5.41, 5.74) is 3.02. The van der Waals surface area contributed by atoms with Crippen LogP contribution < -0.4 is 5.32 Å². The summed E-state index contributed by atoms with van der Waals surface area (Å²) in [7, 11) is 1.85. The Bertz CT molecular complexity index is 414. The molecular formula is C19H31NO. The van der Waals surface area contributed by atoms with Crippen LogP contribution in [0, 0.1) is 0 Å². The highest BCUT2D eigenvalue weighted by molar-refractivity contribution is 5.35. The van der Waals surface area contributed by atoms with E-state index in [1.165, 1.54) is 24.8 Å². The molecule has 1 aliphatic rings. The maximum atomic E-state index is 5.83. The number of nitrogens with one attached hydrogen (secondary N) is 1. The predicted octanol–water partition coefficient (Wildman–Crippen LogP) is 4.81. The smallest absolute Gasteiger partial charge is 0.0765 e. The summed E-state index contributed by atoms with van der Waals surface area (Å²) in [5, 5.41) is 3.74. The third-order valence-corrected chi connectivity index (χ3v) is 4.74. The van der Waals surface area contributed by atoms with Gasteiger partial charge in [-0.1, -0.05) is 51.0 Å². The lowest BCUT2D eigenvalue weighted by molar-refractivity contribution is 0.0601. The van der Waals surface area contributed by atoms with Crippen molar-refractivity contribution in [2.24, 2.45) is 0 Å². The molecule has 1 fully saturated rings. The minimum absolute atomic E-state index is 0.266. The molecule has 2 atom stereocenters. The number of benzene rings is 1. The molecule has 1 aliphatic carbocycles. The Labute approximate surface area is 130 Å². The first kappa shape index (κ1) is 16.5. The zero-order valence-electron chi connectivity index (χ0n) is 13.9. The van der Waals surface area contributed by atoms with Crippen molar-refractivity contribution in [1.29, 1.82) is 0 Å². The molecule has 0 aliphatic heterocycles. The van der Waals surface area contributed by atoms with Gasteiger partial charge in [0.25, 0.3) is 0 Å². The van der Waals surface area contributed by atoms with Gasteiger partial charge in [-0.25, -0.2) is 0 Å². The molecule has 0 bridgehead atoms. The molecule has 2 rings (SSSR count). The van der Waals surface area contributed by atoms with Crippen molar-refractivity contribution < 1.29 is 4.74 Å². The lowest BCUT2D eigenvalue weighted by atomic mass is 9.76. The summed E-state index contributed by atoms with van der Waals surface area (Å²) in [6.45, 7) is 5.51. The van der Waals surface area contributed by atoms with Gasteiger partial charge in [-0.3, -0.25) is 0 Å². The van der Waals surface area contributed by atoms with Crippen LogP contribution in [0.25, 0.3) is 0 Å². The fourth-order valence-electron chi connectivity index (χ4n) is 3.33. The van der Waals surface area contributed by atoms with E-state index >= 15 is 0 Å². The maximum absolute atomic E-state index is 5.83. The van der Waals surface area contributed by atoms with Crippen molar-refractivity contribution >= 4 is 0 Å². The molecular weight excluding hydrogens is 258 g/mol. The molecule has 0 radical (unpaired) electrons. The lowest BCUT2D eigenvalue weighted by Crippen LogP contribution is -2.35. The van der Waals surface area contributed by atoms with Gasteiger partial charge in [0, 0.05) is 7.11 Å². The molecule has 2 unspecified atom stereocenters.